The van der Waals surface area contributed by atoms with Gasteiger partial charge in [0.2, 0.25) is 0 Å². The van der Waals surface area contributed by atoms with Crippen molar-refractivity contribution in [3.05, 3.63) is 36.6 Å². The Balaban J connectivity index is 3.60. The van der Waals surface area contributed by atoms with Crippen molar-refractivity contribution in [2.24, 2.45) is 11.8 Å². The van der Waals surface area contributed by atoms with Crippen LogP contribution in [0.3, 0.4) is 0 Å². The van der Waals surface area contributed by atoms with Gasteiger partial charge in [-0.2, -0.15) is 0 Å². The molecule has 0 aliphatic heterocycles. The molecule has 0 aliphatic rings. The lowest BCUT2D eigenvalue weighted by Gasteiger charge is -2.14. The number of hydrogen-bond acceptors (Lipinski definition) is 1. The van der Waals surface area contributed by atoms with E-state index in [-0.39, 0.29) is 0 Å². The second-order valence-corrected chi connectivity index (χ2v) is 5.79. The molecule has 0 unspecified atom stereocenters. The molecule has 1 nitrogen and oxygen atoms in total. The summed E-state index contributed by atoms with van der Waals surface area (Å²) in [5.74, 6) is 1.15. The molecule has 0 radical (unpaired) electrons. The summed E-state index contributed by atoms with van der Waals surface area (Å²) in [4.78, 5) is 0. The van der Waals surface area contributed by atoms with Gasteiger partial charge < -0.3 is 5.32 Å². The van der Waals surface area contributed by atoms with Crippen molar-refractivity contribution >= 4 is 0 Å². The summed E-state index contributed by atoms with van der Waals surface area (Å²) in [5.41, 5.74) is 3.73. The van der Waals surface area contributed by atoms with Crippen LogP contribution in [0.5, 0.6) is 0 Å². The number of rotatable bonds is 10. The normalized spacial score (nSPS) is 10.8. The van der Waals surface area contributed by atoms with Crippen LogP contribution in [0.1, 0.15) is 53.4 Å². The Bertz CT molecular complexity index is 284. The minimum absolute atomic E-state index is 0.541. The molecule has 0 rings (SSSR count). The average molecular weight is 249 g/mol. The monoisotopic (exact) mass is 249 g/mol. The highest BCUT2D eigenvalue weighted by Crippen LogP contribution is 2.16. The summed E-state index contributed by atoms with van der Waals surface area (Å²) in [7, 11) is 0. The number of hydrogen-bond donors (Lipinski definition) is 1. The highest BCUT2D eigenvalue weighted by atomic mass is 14.9. The lowest BCUT2D eigenvalue weighted by Crippen LogP contribution is -2.17. The summed E-state index contributed by atoms with van der Waals surface area (Å²) in [6.07, 6.45) is 4.59. The maximum absolute atomic E-state index is 4.10. The molecule has 0 aromatic carbocycles. The van der Waals surface area contributed by atoms with Crippen molar-refractivity contribution in [1.29, 1.82) is 0 Å². The third-order valence-corrected chi connectivity index (χ3v) is 3.42. The fourth-order valence-electron chi connectivity index (χ4n) is 1.51. The van der Waals surface area contributed by atoms with Crippen LogP contribution in [0, 0.1) is 11.8 Å². The summed E-state index contributed by atoms with van der Waals surface area (Å²) < 4.78 is 0. The summed E-state index contributed by atoms with van der Waals surface area (Å²) in [5, 5.41) is 3.36. The van der Waals surface area contributed by atoms with Crippen LogP contribution in [-0.2, 0) is 0 Å². The van der Waals surface area contributed by atoms with E-state index in [1.807, 2.05) is 0 Å². The van der Waals surface area contributed by atoms with E-state index in [9.17, 15) is 0 Å². The van der Waals surface area contributed by atoms with Crippen LogP contribution in [-0.4, -0.2) is 6.54 Å². The van der Waals surface area contributed by atoms with E-state index in [0.29, 0.717) is 11.8 Å². The molecule has 0 spiro atoms. The van der Waals surface area contributed by atoms with Crippen molar-refractivity contribution in [1.82, 2.24) is 5.32 Å². The molecule has 0 amide bonds. The van der Waals surface area contributed by atoms with Gasteiger partial charge in [0.05, 0.1) is 0 Å². The van der Waals surface area contributed by atoms with Crippen molar-refractivity contribution in [3.8, 4) is 0 Å². The zero-order chi connectivity index (χ0) is 14.1. The minimum atomic E-state index is 0.541. The zero-order valence-electron chi connectivity index (χ0n) is 12.8. The van der Waals surface area contributed by atoms with Crippen LogP contribution >= 0.6 is 0 Å². The van der Waals surface area contributed by atoms with E-state index in [1.54, 1.807) is 0 Å². The molecule has 0 atom stereocenters. The predicted octanol–water partition coefficient (Wildman–Crippen LogP) is 5.07. The first-order valence-electron chi connectivity index (χ1n) is 7.11. The molecule has 0 aromatic rings. The largest absolute Gasteiger partial charge is 0.385 e. The van der Waals surface area contributed by atoms with E-state index in [0.717, 1.165) is 25.1 Å². The molecule has 18 heavy (non-hydrogen) atoms. The molecule has 0 saturated carbocycles. The second-order valence-electron chi connectivity index (χ2n) is 5.79. The van der Waals surface area contributed by atoms with Gasteiger partial charge in [0, 0.05) is 12.2 Å². The second kappa shape index (κ2) is 9.02. The van der Waals surface area contributed by atoms with Gasteiger partial charge in [-0.1, -0.05) is 58.6 Å². The van der Waals surface area contributed by atoms with Gasteiger partial charge >= 0.3 is 0 Å². The van der Waals surface area contributed by atoms with E-state index in [1.165, 1.54) is 24.0 Å². The Morgan fingerprint density at radius 3 is 1.83 bits per heavy atom. The SMILES string of the molecule is C=C(CCCCC(=C)C(C)C)NCC(=C)C(C)C. The number of nitrogens with one attached hydrogen (secondary N) is 1. The van der Waals surface area contributed by atoms with E-state index >= 15 is 0 Å². The average Bonchev–Trinajstić information content (AvgIpc) is 2.30. The van der Waals surface area contributed by atoms with Gasteiger partial charge in [-0.15, -0.1) is 0 Å². The Morgan fingerprint density at radius 2 is 1.33 bits per heavy atom. The molecule has 0 heterocycles. The van der Waals surface area contributed by atoms with Crippen LogP contribution < -0.4 is 5.32 Å². The van der Waals surface area contributed by atoms with Gasteiger partial charge in [-0.25, -0.2) is 0 Å². The fraction of sp³-hybridized carbons (Fsp3) is 0.647. The Kier molecular flexibility index (Phi) is 8.53. The molecule has 1 heteroatoms. The van der Waals surface area contributed by atoms with Crippen molar-refractivity contribution in [2.45, 2.75) is 53.4 Å². The van der Waals surface area contributed by atoms with Crippen molar-refractivity contribution in [2.75, 3.05) is 6.54 Å². The molecule has 0 aromatic heterocycles. The number of unbranched alkanes of at least 4 members (excludes halogenated alkanes) is 1. The van der Waals surface area contributed by atoms with Crippen LogP contribution in [0.4, 0.5) is 0 Å². The van der Waals surface area contributed by atoms with Gasteiger partial charge in [-0.3, -0.25) is 0 Å². The van der Waals surface area contributed by atoms with Crippen LogP contribution in [0.15, 0.2) is 36.6 Å². The standard InChI is InChI=1S/C17H31N/c1-13(2)15(5)10-8-9-11-17(7)18-12-16(6)14(3)4/h13-14,18H,5-12H2,1-4H3. The maximum atomic E-state index is 4.10. The summed E-state index contributed by atoms with van der Waals surface area (Å²) in [6.45, 7) is 21.8. The first kappa shape index (κ1) is 17.0. The molecular weight excluding hydrogens is 218 g/mol. The molecule has 0 aliphatic carbocycles. The first-order valence-corrected chi connectivity index (χ1v) is 7.11. The lowest BCUT2D eigenvalue weighted by atomic mass is 9.99. The van der Waals surface area contributed by atoms with Crippen molar-refractivity contribution < 1.29 is 0 Å². The smallest absolute Gasteiger partial charge is 0.0356 e. The minimum Gasteiger partial charge on any atom is -0.385 e. The predicted molar refractivity (Wildman–Crippen MR) is 83.6 cm³/mol. The quantitative estimate of drug-likeness (QED) is 0.421. The third kappa shape index (κ3) is 8.16. The topological polar surface area (TPSA) is 12.0 Å². The number of allylic oxidation sites excluding steroid dienone is 2. The molecule has 1 N–H and O–H groups in total. The summed E-state index contributed by atoms with van der Waals surface area (Å²) >= 11 is 0. The fourth-order valence-corrected chi connectivity index (χ4v) is 1.51. The van der Waals surface area contributed by atoms with Gasteiger partial charge in [0.1, 0.15) is 0 Å². The van der Waals surface area contributed by atoms with E-state index < -0.39 is 0 Å². The van der Waals surface area contributed by atoms with Crippen molar-refractivity contribution in [3.63, 3.8) is 0 Å². The Labute approximate surface area is 114 Å². The highest BCUT2D eigenvalue weighted by molar-refractivity contribution is 5.04. The van der Waals surface area contributed by atoms with Gasteiger partial charge in [-0.05, 0) is 37.5 Å². The third-order valence-electron chi connectivity index (χ3n) is 3.42. The van der Waals surface area contributed by atoms with Crippen LogP contribution in [0.2, 0.25) is 0 Å². The molecule has 104 valence electrons. The summed E-state index contributed by atoms with van der Waals surface area (Å²) in [6, 6.07) is 0. The van der Waals surface area contributed by atoms with E-state index in [2.05, 4.69) is 52.7 Å². The maximum Gasteiger partial charge on any atom is 0.0356 e. The zero-order valence-corrected chi connectivity index (χ0v) is 12.8. The van der Waals surface area contributed by atoms with Gasteiger partial charge in [0.25, 0.3) is 0 Å². The first-order chi connectivity index (χ1) is 8.34. The van der Waals surface area contributed by atoms with Crippen LogP contribution in [0.25, 0.3) is 0 Å². The molecule has 0 saturated heterocycles. The highest BCUT2D eigenvalue weighted by Gasteiger charge is 2.02. The van der Waals surface area contributed by atoms with E-state index in [4.69, 9.17) is 0 Å². The lowest BCUT2D eigenvalue weighted by molar-refractivity contribution is 0.635. The molecule has 0 fully saturated rings. The van der Waals surface area contributed by atoms with Gasteiger partial charge in [0.15, 0.2) is 0 Å². The Morgan fingerprint density at radius 1 is 0.833 bits per heavy atom. The Hall–Kier alpha value is -0.980. The molecule has 0 bridgehead atoms. The molecular formula is C17H31N.